The van der Waals surface area contributed by atoms with Crippen LogP contribution < -0.4 is 20.1 Å². The molecule has 6 rings (SSSR count). The molecule has 1 spiro atoms. The van der Waals surface area contributed by atoms with E-state index < -0.39 is 5.41 Å². The number of H-pyrrole nitrogens is 1. The van der Waals surface area contributed by atoms with E-state index in [9.17, 15) is 4.79 Å². The second kappa shape index (κ2) is 6.68. The first-order valence-electron chi connectivity index (χ1n) is 10.2. The standard InChI is InChI=1S/C23H20N6O3/c1-31-13-4-6-17-15(8-13)23(22(30)26-17)9-16(23)12-3-5-14-18(7-12)28-29-20(14)27-21-19(32-2)10-24-11-25-21/h3-8,10-11,16H,9H2,1-2H3,(H,26,30)(H2,24,25,27,28,29)/t16-,23+/m1/s1. The Labute approximate surface area is 183 Å². The normalized spacial score (nSPS) is 20.8. The van der Waals surface area contributed by atoms with Crippen LogP contribution >= 0.6 is 0 Å². The number of aromatic amines is 1. The Balaban J connectivity index is 1.33. The Morgan fingerprint density at radius 2 is 2.03 bits per heavy atom. The molecular weight excluding hydrogens is 408 g/mol. The molecule has 0 bridgehead atoms. The highest BCUT2D eigenvalue weighted by Crippen LogP contribution is 2.65. The number of hydrogen-bond donors (Lipinski definition) is 3. The van der Waals surface area contributed by atoms with Gasteiger partial charge in [0.2, 0.25) is 5.91 Å². The van der Waals surface area contributed by atoms with E-state index in [-0.39, 0.29) is 11.8 Å². The summed E-state index contributed by atoms with van der Waals surface area (Å²) in [5, 5.41) is 14.6. The van der Waals surface area contributed by atoms with Gasteiger partial charge in [-0.2, -0.15) is 5.10 Å². The van der Waals surface area contributed by atoms with Gasteiger partial charge < -0.3 is 20.1 Å². The number of rotatable bonds is 5. The lowest BCUT2D eigenvalue weighted by Crippen LogP contribution is -2.21. The van der Waals surface area contributed by atoms with Crippen LogP contribution in [0.5, 0.6) is 11.5 Å². The molecule has 32 heavy (non-hydrogen) atoms. The van der Waals surface area contributed by atoms with Crippen LogP contribution in [0, 0.1) is 0 Å². The molecule has 1 amide bonds. The maximum atomic E-state index is 12.9. The van der Waals surface area contributed by atoms with Crippen LogP contribution in [0.4, 0.5) is 17.3 Å². The van der Waals surface area contributed by atoms with Crippen LogP contribution in [0.3, 0.4) is 0 Å². The zero-order valence-electron chi connectivity index (χ0n) is 17.5. The van der Waals surface area contributed by atoms with Gasteiger partial charge in [-0.25, -0.2) is 9.97 Å². The summed E-state index contributed by atoms with van der Waals surface area (Å²) >= 11 is 0. The smallest absolute Gasteiger partial charge is 0.235 e. The fourth-order valence-corrected chi connectivity index (χ4v) is 4.72. The average molecular weight is 428 g/mol. The second-order valence-corrected chi connectivity index (χ2v) is 8.04. The molecular formula is C23H20N6O3. The molecule has 1 aliphatic heterocycles. The summed E-state index contributed by atoms with van der Waals surface area (Å²) in [5.41, 5.74) is 3.32. The van der Waals surface area contributed by atoms with Crippen molar-refractivity contribution >= 4 is 34.1 Å². The van der Waals surface area contributed by atoms with Gasteiger partial charge in [0.1, 0.15) is 12.1 Å². The molecule has 0 radical (unpaired) electrons. The van der Waals surface area contributed by atoms with Crippen LogP contribution in [0.25, 0.3) is 10.9 Å². The molecule has 4 aromatic rings. The Hall–Kier alpha value is -4.14. The van der Waals surface area contributed by atoms with Crippen molar-refractivity contribution in [1.82, 2.24) is 20.2 Å². The third-order valence-electron chi connectivity index (χ3n) is 6.45. The average Bonchev–Trinajstić information content (AvgIpc) is 3.38. The molecule has 160 valence electrons. The van der Waals surface area contributed by atoms with Crippen molar-refractivity contribution in [3.8, 4) is 11.5 Å². The van der Waals surface area contributed by atoms with Gasteiger partial charge >= 0.3 is 0 Å². The van der Waals surface area contributed by atoms with Gasteiger partial charge in [0.25, 0.3) is 0 Å². The van der Waals surface area contributed by atoms with Gasteiger partial charge in [-0.3, -0.25) is 9.89 Å². The predicted molar refractivity (Wildman–Crippen MR) is 119 cm³/mol. The molecule has 1 aliphatic carbocycles. The Kier molecular flexibility index (Phi) is 3.89. The number of carbonyl (C=O) groups excluding carboxylic acids is 1. The van der Waals surface area contributed by atoms with Crippen molar-refractivity contribution in [3.05, 3.63) is 60.0 Å². The third kappa shape index (κ3) is 2.57. The Bertz CT molecular complexity index is 1380. The van der Waals surface area contributed by atoms with Crippen molar-refractivity contribution in [2.75, 3.05) is 24.9 Å². The topological polar surface area (TPSA) is 114 Å². The van der Waals surface area contributed by atoms with E-state index in [0.717, 1.165) is 39.9 Å². The zero-order valence-corrected chi connectivity index (χ0v) is 17.5. The molecule has 1 saturated carbocycles. The summed E-state index contributed by atoms with van der Waals surface area (Å²) in [7, 11) is 3.20. The number of hydrogen-bond acceptors (Lipinski definition) is 7. The SMILES string of the molecule is COc1ccc2c(c1)[C@]1(C[C@@H]1c1ccc3c(Nc4ncncc4OC)n[nH]c3c1)C(=O)N2. The number of anilines is 3. The van der Waals surface area contributed by atoms with Crippen molar-refractivity contribution in [3.63, 3.8) is 0 Å². The molecule has 1 fully saturated rings. The lowest BCUT2D eigenvalue weighted by molar-refractivity contribution is -0.118. The monoisotopic (exact) mass is 428 g/mol. The number of ether oxygens (including phenoxy) is 2. The summed E-state index contributed by atoms with van der Waals surface area (Å²) in [5.74, 6) is 2.61. The number of carbonyl (C=O) groups is 1. The number of amides is 1. The maximum absolute atomic E-state index is 12.9. The highest BCUT2D eigenvalue weighted by molar-refractivity contribution is 6.10. The van der Waals surface area contributed by atoms with E-state index in [1.807, 2.05) is 24.3 Å². The fraction of sp³-hybridized carbons (Fsp3) is 0.217. The van der Waals surface area contributed by atoms with E-state index in [4.69, 9.17) is 9.47 Å². The lowest BCUT2D eigenvalue weighted by Gasteiger charge is -2.10. The number of benzene rings is 2. The quantitative estimate of drug-likeness (QED) is 0.446. The molecule has 2 aromatic heterocycles. The third-order valence-corrected chi connectivity index (χ3v) is 6.45. The molecule has 3 heterocycles. The molecule has 2 aromatic carbocycles. The lowest BCUT2D eigenvalue weighted by atomic mass is 9.91. The minimum absolute atomic E-state index is 0.0497. The van der Waals surface area contributed by atoms with Crippen LogP contribution in [0.15, 0.2) is 48.9 Å². The van der Waals surface area contributed by atoms with Crippen molar-refractivity contribution in [1.29, 1.82) is 0 Å². The van der Waals surface area contributed by atoms with Gasteiger partial charge in [0.15, 0.2) is 17.4 Å². The van der Waals surface area contributed by atoms with Crippen molar-refractivity contribution in [2.24, 2.45) is 0 Å². The number of aromatic nitrogens is 4. The number of nitrogens with zero attached hydrogens (tertiary/aromatic N) is 3. The maximum Gasteiger partial charge on any atom is 0.235 e. The van der Waals surface area contributed by atoms with Gasteiger partial charge in [0.05, 0.1) is 31.3 Å². The van der Waals surface area contributed by atoms with E-state index in [1.165, 1.54) is 6.33 Å². The summed E-state index contributed by atoms with van der Waals surface area (Å²) in [4.78, 5) is 21.1. The first-order valence-corrected chi connectivity index (χ1v) is 10.2. The highest BCUT2D eigenvalue weighted by Gasteiger charge is 2.65. The number of methoxy groups -OCH3 is 2. The molecule has 0 unspecified atom stereocenters. The number of fused-ring (bicyclic) bond motifs is 3. The van der Waals surface area contributed by atoms with Crippen molar-refractivity contribution in [2.45, 2.75) is 17.8 Å². The Morgan fingerprint density at radius 3 is 2.88 bits per heavy atom. The molecule has 3 N–H and O–H groups in total. The molecule has 9 nitrogen and oxygen atoms in total. The van der Waals surface area contributed by atoms with Crippen LogP contribution in [0.1, 0.15) is 23.5 Å². The Morgan fingerprint density at radius 1 is 1.12 bits per heavy atom. The van der Waals surface area contributed by atoms with Gasteiger partial charge in [0, 0.05) is 17.0 Å². The van der Waals surface area contributed by atoms with E-state index >= 15 is 0 Å². The van der Waals surface area contributed by atoms with Crippen LogP contribution in [0.2, 0.25) is 0 Å². The molecule has 2 atom stereocenters. The minimum atomic E-state index is -0.535. The summed E-state index contributed by atoms with van der Waals surface area (Å²) in [6.45, 7) is 0. The number of nitrogens with one attached hydrogen (secondary N) is 3. The van der Waals surface area contributed by atoms with E-state index in [0.29, 0.717) is 17.4 Å². The van der Waals surface area contributed by atoms with Gasteiger partial charge in [-0.1, -0.05) is 6.07 Å². The molecule has 2 aliphatic rings. The minimum Gasteiger partial charge on any atom is -0.497 e. The van der Waals surface area contributed by atoms with Crippen molar-refractivity contribution < 1.29 is 14.3 Å². The van der Waals surface area contributed by atoms with Gasteiger partial charge in [-0.15, -0.1) is 0 Å². The second-order valence-electron chi connectivity index (χ2n) is 8.04. The highest BCUT2D eigenvalue weighted by atomic mass is 16.5. The zero-order chi connectivity index (χ0) is 21.9. The molecule has 9 heteroatoms. The molecule has 0 saturated heterocycles. The summed E-state index contributed by atoms with van der Waals surface area (Å²) in [6, 6.07) is 11.9. The van der Waals surface area contributed by atoms with Crippen LogP contribution in [-0.4, -0.2) is 40.3 Å². The first-order chi connectivity index (χ1) is 15.6. The van der Waals surface area contributed by atoms with Crippen LogP contribution in [-0.2, 0) is 10.2 Å². The first kappa shape index (κ1) is 18.6. The largest absolute Gasteiger partial charge is 0.497 e. The summed E-state index contributed by atoms with van der Waals surface area (Å²) < 4.78 is 10.7. The summed E-state index contributed by atoms with van der Waals surface area (Å²) in [6.07, 6.45) is 3.81. The van der Waals surface area contributed by atoms with Gasteiger partial charge in [-0.05, 0) is 47.9 Å². The van der Waals surface area contributed by atoms with E-state index in [2.05, 4.69) is 42.9 Å². The fourth-order valence-electron chi connectivity index (χ4n) is 4.72. The predicted octanol–water partition coefficient (Wildman–Crippen LogP) is 3.49. The van der Waals surface area contributed by atoms with E-state index in [1.54, 1.807) is 20.4 Å².